The van der Waals surface area contributed by atoms with Crippen molar-refractivity contribution in [3.63, 3.8) is 0 Å². The van der Waals surface area contributed by atoms with Gasteiger partial charge in [0, 0.05) is 12.1 Å². The van der Waals surface area contributed by atoms with E-state index >= 15 is 0 Å². The first-order valence-electron chi connectivity index (χ1n) is 6.16. The van der Waals surface area contributed by atoms with Crippen LogP contribution in [-0.2, 0) is 0 Å². The van der Waals surface area contributed by atoms with Gasteiger partial charge in [0.2, 0.25) is 0 Å². The van der Waals surface area contributed by atoms with Crippen LogP contribution >= 0.6 is 0 Å². The van der Waals surface area contributed by atoms with Crippen molar-refractivity contribution in [3.05, 3.63) is 29.8 Å². The Labute approximate surface area is 108 Å². The molecular weight excluding hydrogens is 230 g/mol. The fraction of sp³-hybridized carbons (Fsp3) is 0.500. The van der Waals surface area contributed by atoms with Crippen LogP contribution < -0.4 is 10.1 Å². The summed E-state index contributed by atoms with van der Waals surface area (Å²) in [6, 6.07) is 6.68. The Bertz CT molecular complexity index is 402. The van der Waals surface area contributed by atoms with E-state index in [0.717, 1.165) is 6.42 Å². The molecule has 1 aromatic rings. The maximum absolute atomic E-state index is 11.0. The third kappa shape index (κ3) is 4.37. The Hall–Kier alpha value is -1.55. The Kier molecular flexibility index (Phi) is 5.16. The molecule has 0 aromatic heterocycles. The molecule has 18 heavy (non-hydrogen) atoms. The number of para-hydroxylation sites is 1. The van der Waals surface area contributed by atoms with Gasteiger partial charge in [0.25, 0.3) is 0 Å². The van der Waals surface area contributed by atoms with Crippen molar-refractivity contribution in [1.82, 2.24) is 5.32 Å². The molecule has 4 nitrogen and oxygen atoms in total. The van der Waals surface area contributed by atoms with Crippen LogP contribution in [0.3, 0.4) is 0 Å². The second kappa shape index (κ2) is 6.40. The average molecular weight is 251 g/mol. The van der Waals surface area contributed by atoms with Gasteiger partial charge in [-0.1, -0.05) is 19.1 Å². The Morgan fingerprint density at radius 2 is 2.06 bits per heavy atom. The molecule has 0 saturated heterocycles. The van der Waals surface area contributed by atoms with E-state index in [1.54, 1.807) is 24.3 Å². The molecule has 1 rings (SSSR count). The molecule has 100 valence electrons. The molecule has 4 heteroatoms. The van der Waals surface area contributed by atoms with E-state index in [-0.39, 0.29) is 11.1 Å². The molecule has 0 atom stereocenters. The minimum Gasteiger partial charge on any atom is -0.491 e. The van der Waals surface area contributed by atoms with Gasteiger partial charge in [0.15, 0.2) is 0 Å². The highest BCUT2D eigenvalue weighted by Crippen LogP contribution is 2.17. The highest BCUT2D eigenvalue weighted by molar-refractivity contribution is 5.90. The van der Waals surface area contributed by atoms with Crippen molar-refractivity contribution in [1.29, 1.82) is 0 Å². The summed E-state index contributed by atoms with van der Waals surface area (Å²) in [5.41, 5.74) is 0.280. The quantitative estimate of drug-likeness (QED) is 0.731. The largest absolute Gasteiger partial charge is 0.491 e. The van der Waals surface area contributed by atoms with Gasteiger partial charge in [-0.15, -0.1) is 0 Å². The fourth-order valence-electron chi connectivity index (χ4n) is 1.44. The summed E-state index contributed by atoms with van der Waals surface area (Å²) >= 11 is 0. The molecule has 0 radical (unpaired) electrons. The molecular formula is C14H21NO3. The minimum absolute atomic E-state index is 0.0790. The molecule has 0 unspecified atom stereocenters. The molecule has 0 heterocycles. The predicted molar refractivity (Wildman–Crippen MR) is 71.3 cm³/mol. The molecule has 0 saturated carbocycles. The first kappa shape index (κ1) is 14.5. The van der Waals surface area contributed by atoms with Gasteiger partial charge in [-0.05, 0) is 32.4 Å². The topological polar surface area (TPSA) is 58.6 Å². The lowest BCUT2D eigenvalue weighted by atomic mass is 10.0. The van der Waals surface area contributed by atoms with Gasteiger partial charge < -0.3 is 15.2 Å². The standard InChI is InChI=1S/C14H21NO3/c1-4-14(2,3)15-9-10-18-12-8-6-5-7-11(12)13(16)17/h5-8,15H,4,9-10H2,1-3H3,(H,16,17). The van der Waals surface area contributed by atoms with Crippen LogP contribution in [-0.4, -0.2) is 29.8 Å². The second-order valence-corrected chi connectivity index (χ2v) is 4.81. The van der Waals surface area contributed by atoms with Crippen LogP contribution in [0.15, 0.2) is 24.3 Å². The van der Waals surface area contributed by atoms with Crippen LogP contribution in [0.5, 0.6) is 5.75 Å². The Morgan fingerprint density at radius 1 is 1.39 bits per heavy atom. The molecule has 0 bridgehead atoms. The van der Waals surface area contributed by atoms with E-state index in [4.69, 9.17) is 9.84 Å². The van der Waals surface area contributed by atoms with E-state index in [1.807, 2.05) is 0 Å². The Morgan fingerprint density at radius 3 is 2.67 bits per heavy atom. The Balaban J connectivity index is 2.47. The predicted octanol–water partition coefficient (Wildman–Crippen LogP) is 2.54. The van der Waals surface area contributed by atoms with Gasteiger partial charge in [-0.2, -0.15) is 0 Å². The first-order chi connectivity index (χ1) is 8.46. The van der Waals surface area contributed by atoms with Crippen LogP contribution in [0.4, 0.5) is 0 Å². The molecule has 0 amide bonds. The van der Waals surface area contributed by atoms with Crippen molar-refractivity contribution in [2.24, 2.45) is 0 Å². The van der Waals surface area contributed by atoms with Crippen LogP contribution in [0.25, 0.3) is 0 Å². The molecule has 0 fully saturated rings. The van der Waals surface area contributed by atoms with Crippen molar-refractivity contribution in [2.75, 3.05) is 13.2 Å². The van der Waals surface area contributed by atoms with Gasteiger partial charge in [0.1, 0.15) is 17.9 Å². The maximum atomic E-state index is 11.0. The number of nitrogens with one attached hydrogen (secondary N) is 1. The number of carboxylic acids is 1. The number of rotatable bonds is 7. The third-order valence-electron chi connectivity index (χ3n) is 2.96. The molecule has 1 aromatic carbocycles. The normalized spacial score (nSPS) is 11.3. The number of carbonyl (C=O) groups is 1. The van der Waals surface area contributed by atoms with Gasteiger partial charge in [-0.25, -0.2) is 4.79 Å². The SMILES string of the molecule is CCC(C)(C)NCCOc1ccccc1C(=O)O. The lowest BCUT2D eigenvalue weighted by molar-refractivity contribution is 0.0692. The summed E-state index contributed by atoms with van der Waals surface area (Å²) in [6.45, 7) is 7.51. The number of hydrogen-bond donors (Lipinski definition) is 2. The summed E-state index contributed by atoms with van der Waals surface area (Å²) in [7, 11) is 0. The van der Waals surface area contributed by atoms with E-state index < -0.39 is 5.97 Å². The van der Waals surface area contributed by atoms with Crippen molar-refractivity contribution in [2.45, 2.75) is 32.7 Å². The van der Waals surface area contributed by atoms with E-state index in [1.165, 1.54) is 0 Å². The highest BCUT2D eigenvalue weighted by atomic mass is 16.5. The molecule has 0 aliphatic heterocycles. The number of ether oxygens (including phenoxy) is 1. The van der Waals surface area contributed by atoms with Crippen molar-refractivity contribution in [3.8, 4) is 5.75 Å². The number of aromatic carboxylic acids is 1. The maximum Gasteiger partial charge on any atom is 0.339 e. The summed E-state index contributed by atoms with van der Waals surface area (Å²) in [5.74, 6) is -0.548. The molecule has 0 aliphatic carbocycles. The summed E-state index contributed by atoms with van der Waals surface area (Å²) in [5, 5.41) is 12.3. The summed E-state index contributed by atoms with van der Waals surface area (Å²) < 4.78 is 5.50. The van der Waals surface area contributed by atoms with E-state index in [9.17, 15) is 4.79 Å². The lowest BCUT2D eigenvalue weighted by Gasteiger charge is -2.24. The third-order valence-corrected chi connectivity index (χ3v) is 2.96. The van der Waals surface area contributed by atoms with Crippen molar-refractivity contribution < 1.29 is 14.6 Å². The summed E-state index contributed by atoms with van der Waals surface area (Å²) in [4.78, 5) is 11.0. The number of hydrogen-bond acceptors (Lipinski definition) is 3. The number of carboxylic acid groups (broad SMARTS) is 1. The number of benzene rings is 1. The zero-order valence-electron chi connectivity index (χ0n) is 11.2. The van der Waals surface area contributed by atoms with Crippen LogP contribution in [0.1, 0.15) is 37.6 Å². The smallest absolute Gasteiger partial charge is 0.339 e. The molecule has 0 spiro atoms. The lowest BCUT2D eigenvalue weighted by Crippen LogP contribution is -2.40. The van der Waals surface area contributed by atoms with E-state index in [2.05, 4.69) is 26.1 Å². The van der Waals surface area contributed by atoms with Crippen molar-refractivity contribution >= 4 is 5.97 Å². The average Bonchev–Trinajstić information content (AvgIpc) is 2.35. The zero-order chi connectivity index (χ0) is 13.6. The van der Waals surface area contributed by atoms with Crippen LogP contribution in [0, 0.1) is 0 Å². The first-order valence-corrected chi connectivity index (χ1v) is 6.16. The zero-order valence-corrected chi connectivity index (χ0v) is 11.2. The second-order valence-electron chi connectivity index (χ2n) is 4.81. The van der Waals surface area contributed by atoms with Gasteiger partial charge in [-0.3, -0.25) is 0 Å². The fourth-order valence-corrected chi connectivity index (χ4v) is 1.44. The minimum atomic E-state index is -0.965. The molecule has 2 N–H and O–H groups in total. The monoisotopic (exact) mass is 251 g/mol. The van der Waals surface area contributed by atoms with Crippen LogP contribution in [0.2, 0.25) is 0 Å². The van der Waals surface area contributed by atoms with Gasteiger partial charge in [0.05, 0.1) is 0 Å². The molecule has 0 aliphatic rings. The highest BCUT2D eigenvalue weighted by Gasteiger charge is 2.13. The van der Waals surface area contributed by atoms with E-state index in [0.29, 0.717) is 18.9 Å². The van der Waals surface area contributed by atoms with Gasteiger partial charge >= 0.3 is 5.97 Å². The summed E-state index contributed by atoms with van der Waals surface area (Å²) in [6.07, 6.45) is 1.03.